The van der Waals surface area contributed by atoms with E-state index in [4.69, 9.17) is 18.7 Å². The summed E-state index contributed by atoms with van der Waals surface area (Å²) in [7, 11) is 2.99. The molecular weight excluding hydrogens is 452 g/mol. The monoisotopic (exact) mass is 476 g/mol. The highest BCUT2D eigenvalue weighted by Gasteiger charge is 2.48. The van der Waals surface area contributed by atoms with Crippen LogP contribution in [-0.4, -0.2) is 42.8 Å². The highest BCUT2D eigenvalue weighted by molar-refractivity contribution is 6.51. The number of anilines is 1. The normalized spacial score (nSPS) is 16.9. The smallest absolute Gasteiger partial charge is 0.301 e. The molecule has 1 saturated heterocycles. The van der Waals surface area contributed by atoms with Gasteiger partial charge in [-0.3, -0.25) is 14.5 Å². The topological polar surface area (TPSA) is 111 Å². The van der Waals surface area contributed by atoms with E-state index >= 15 is 0 Å². The van der Waals surface area contributed by atoms with Gasteiger partial charge in [0.05, 0.1) is 25.8 Å². The number of aryl methyl sites for hydroxylation is 1. The minimum atomic E-state index is -0.990. The van der Waals surface area contributed by atoms with E-state index in [-0.39, 0.29) is 17.2 Å². The fourth-order valence-electron chi connectivity index (χ4n) is 3.89. The van der Waals surface area contributed by atoms with Gasteiger partial charge >= 0.3 is 5.91 Å². The maximum absolute atomic E-state index is 13.2. The first-order chi connectivity index (χ1) is 16.9. The van der Waals surface area contributed by atoms with Gasteiger partial charge < -0.3 is 23.8 Å². The van der Waals surface area contributed by atoms with Gasteiger partial charge in [0.25, 0.3) is 5.78 Å². The van der Waals surface area contributed by atoms with Gasteiger partial charge in [0.1, 0.15) is 23.9 Å². The van der Waals surface area contributed by atoms with E-state index in [2.05, 4.69) is 11.7 Å². The molecule has 2 aromatic carbocycles. The molecule has 9 heteroatoms. The minimum absolute atomic E-state index is 0.0948. The van der Waals surface area contributed by atoms with Crippen LogP contribution in [0.4, 0.5) is 5.82 Å². The number of carbonyl (C=O) groups is 2. The number of aliphatic hydroxyl groups is 1. The molecule has 4 rings (SSSR count). The summed E-state index contributed by atoms with van der Waals surface area (Å²) < 4.78 is 21.4. The summed E-state index contributed by atoms with van der Waals surface area (Å²) in [6.07, 6.45) is 1.62. The highest BCUT2D eigenvalue weighted by Crippen LogP contribution is 2.44. The molecule has 1 N–H and O–H groups in total. The molecule has 0 bridgehead atoms. The Labute approximate surface area is 201 Å². The Balaban J connectivity index is 1.88. The first kappa shape index (κ1) is 23.6. The summed E-state index contributed by atoms with van der Waals surface area (Å²) in [5.41, 5.74) is 0.758. The lowest BCUT2D eigenvalue weighted by Crippen LogP contribution is -2.29. The SMILES string of the molecule is C=CCOc1ccc(/C(O)=C2\C(=O)C(=O)N(c3cc(C)on3)[C@H]2c2ccc(OC)c(OC)c2)cc1. The number of ketones is 1. The van der Waals surface area contributed by atoms with Gasteiger partial charge in [-0.2, -0.15) is 0 Å². The Kier molecular flexibility index (Phi) is 6.59. The van der Waals surface area contributed by atoms with Gasteiger partial charge in [-0.25, -0.2) is 0 Å². The maximum atomic E-state index is 13.2. The van der Waals surface area contributed by atoms with Crippen molar-refractivity contribution in [1.82, 2.24) is 5.16 Å². The third kappa shape index (κ3) is 4.35. The number of hydrogen-bond acceptors (Lipinski definition) is 8. The van der Waals surface area contributed by atoms with Gasteiger partial charge in [-0.05, 0) is 48.9 Å². The molecule has 3 aromatic rings. The summed E-state index contributed by atoms with van der Waals surface area (Å²) >= 11 is 0. The predicted molar refractivity (Wildman–Crippen MR) is 128 cm³/mol. The fourth-order valence-corrected chi connectivity index (χ4v) is 3.89. The molecule has 0 saturated carbocycles. The van der Waals surface area contributed by atoms with E-state index in [1.54, 1.807) is 61.5 Å². The standard InChI is InChI=1S/C26H24N2O7/c1-5-12-34-18-9-6-16(7-10-18)24(29)22-23(17-8-11-19(32-3)20(14-17)33-4)28(26(31)25(22)30)21-13-15(2)35-27-21/h5-11,13-14,23,29H,1,12H2,2-4H3/b24-22+/t23-/m0/s1. The molecule has 1 aliphatic heterocycles. The average Bonchev–Trinajstić information content (AvgIpc) is 3.42. The number of amides is 1. The molecule has 9 nitrogen and oxygen atoms in total. The average molecular weight is 476 g/mol. The van der Waals surface area contributed by atoms with Crippen LogP contribution in [0.15, 0.2) is 71.3 Å². The zero-order valence-electron chi connectivity index (χ0n) is 19.5. The van der Waals surface area contributed by atoms with Gasteiger partial charge in [-0.15, -0.1) is 0 Å². The third-order valence-corrected chi connectivity index (χ3v) is 5.53. The quantitative estimate of drug-likeness (QED) is 0.223. The molecule has 1 aliphatic rings. The first-order valence-electron chi connectivity index (χ1n) is 10.7. The Bertz CT molecular complexity index is 1310. The lowest BCUT2D eigenvalue weighted by atomic mass is 9.95. The van der Waals surface area contributed by atoms with E-state index < -0.39 is 17.7 Å². The van der Waals surface area contributed by atoms with Crippen molar-refractivity contribution in [2.75, 3.05) is 25.7 Å². The van der Waals surface area contributed by atoms with Crippen LogP contribution < -0.4 is 19.1 Å². The zero-order chi connectivity index (χ0) is 25.1. The number of ether oxygens (including phenoxy) is 3. The Morgan fingerprint density at radius 1 is 1.11 bits per heavy atom. The van der Waals surface area contributed by atoms with Gasteiger partial charge in [-0.1, -0.05) is 23.9 Å². The number of aromatic nitrogens is 1. The van der Waals surface area contributed by atoms with Crippen LogP contribution in [0, 0.1) is 6.92 Å². The summed E-state index contributed by atoms with van der Waals surface area (Å²) in [4.78, 5) is 27.6. The molecule has 1 amide bonds. The molecule has 0 aliphatic carbocycles. The predicted octanol–water partition coefficient (Wildman–Crippen LogP) is 4.19. The van der Waals surface area contributed by atoms with Crippen molar-refractivity contribution in [1.29, 1.82) is 0 Å². The molecule has 0 unspecified atom stereocenters. The molecule has 1 aromatic heterocycles. The van der Waals surface area contributed by atoms with Crippen molar-refractivity contribution in [3.63, 3.8) is 0 Å². The second kappa shape index (κ2) is 9.76. The molecular formula is C26H24N2O7. The summed E-state index contributed by atoms with van der Waals surface area (Å²) in [6.45, 7) is 5.61. The number of benzene rings is 2. The van der Waals surface area contributed by atoms with Gasteiger partial charge in [0.15, 0.2) is 17.3 Å². The van der Waals surface area contributed by atoms with E-state index in [0.717, 1.165) is 0 Å². The van der Waals surface area contributed by atoms with Crippen molar-refractivity contribution in [3.05, 3.63) is 83.6 Å². The number of Topliss-reactive ketones (excluding diaryl/α,β-unsaturated/α-hetero) is 1. The van der Waals surface area contributed by atoms with Crippen LogP contribution in [0.2, 0.25) is 0 Å². The van der Waals surface area contributed by atoms with Crippen molar-refractivity contribution in [2.24, 2.45) is 0 Å². The molecule has 0 radical (unpaired) electrons. The zero-order valence-corrected chi connectivity index (χ0v) is 19.5. The minimum Gasteiger partial charge on any atom is -0.507 e. The number of carbonyl (C=O) groups excluding carboxylic acids is 2. The second-order valence-electron chi connectivity index (χ2n) is 7.70. The number of rotatable bonds is 8. The molecule has 2 heterocycles. The lowest BCUT2D eigenvalue weighted by Gasteiger charge is -2.23. The first-order valence-corrected chi connectivity index (χ1v) is 10.7. The largest absolute Gasteiger partial charge is 0.507 e. The Morgan fingerprint density at radius 2 is 1.83 bits per heavy atom. The van der Waals surface area contributed by atoms with Crippen molar-refractivity contribution >= 4 is 23.3 Å². The number of hydrogen-bond donors (Lipinski definition) is 1. The Morgan fingerprint density at radius 3 is 2.43 bits per heavy atom. The Hall–Kier alpha value is -4.53. The van der Waals surface area contributed by atoms with Gasteiger partial charge in [0, 0.05) is 11.6 Å². The van der Waals surface area contributed by atoms with Gasteiger partial charge in [0.2, 0.25) is 0 Å². The number of methoxy groups -OCH3 is 2. The molecule has 0 spiro atoms. The van der Waals surface area contributed by atoms with Crippen LogP contribution in [0.25, 0.3) is 5.76 Å². The fraction of sp³-hybridized carbons (Fsp3) is 0.192. The van der Waals surface area contributed by atoms with E-state index in [1.165, 1.54) is 19.1 Å². The highest BCUT2D eigenvalue weighted by atomic mass is 16.5. The molecule has 1 fully saturated rings. The lowest BCUT2D eigenvalue weighted by molar-refractivity contribution is -0.132. The van der Waals surface area contributed by atoms with Crippen LogP contribution >= 0.6 is 0 Å². The van der Waals surface area contributed by atoms with Crippen molar-refractivity contribution in [2.45, 2.75) is 13.0 Å². The van der Waals surface area contributed by atoms with E-state index in [9.17, 15) is 14.7 Å². The second-order valence-corrected chi connectivity index (χ2v) is 7.70. The number of nitrogens with zero attached hydrogens (tertiary/aromatic N) is 2. The van der Waals surface area contributed by atoms with Crippen LogP contribution in [0.1, 0.15) is 22.9 Å². The molecule has 1 atom stereocenters. The van der Waals surface area contributed by atoms with Crippen LogP contribution in [0.5, 0.6) is 17.2 Å². The molecule has 35 heavy (non-hydrogen) atoms. The van der Waals surface area contributed by atoms with Crippen LogP contribution in [-0.2, 0) is 9.59 Å². The molecule has 180 valence electrons. The van der Waals surface area contributed by atoms with E-state index in [0.29, 0.717) is 40.7 Å². The summed E-state index contributed by atoms with van der Waals surface area (Å²) in [5.74, 6) is 0.0222. The van der Waals surface area contributed by atoms with Crippen molar-refractivity contribution in [3.8, 4) is 17.2 Å². The summed E-state index contributed by atoms with van der Waals surface area (Å²) in [5, 5.41) is 15.2. The van der Waals surface area contributed by atoms with E-state index in [1.807, 2.05) is 0 Å². The maximum Gasteiger partial charge on any atom is 0.301 e. The summed E-state index contributed by atoms with van der Waals surface area (Å²) in [6, 6.07) is 12.1. The van der Waals surface area contributed by atoms with Crippen molar-refractivity contribution < 1.29 is 33.4 Å². The van der Waals surface area contributed by atoms with Crippen LogP contribution in [0.3, 0.4) is 0 Å². The third-order valence-electron chi connectivity index (χ3n) is 5.53. The number of aliphatic hydroxyl groups excluding tert-OH is 1.